The molecule has 0 amide bonds. The lowest BCUT2D eigenvalue weighted by molar-refractivity contribution is 0.192. The SMILES string of the molecule is COCCCCNCc1cc(Cl)cc(Cl)c1O. The predicted octanol–water partition coefficient (Wildman–Crippen LogP) is 3.22. The molecule has 0 aromatic heterocycles. The van der Waals surface area contributed by atoms with E-state index in [2.05, 4.69) is 5.32 Å². The van der Waals surface area contributed by atoms with Crippen molar-refractivity contribution in [2.24, 2.45) is 0 Å². The number of aromatic hydroxyl groups is 1. The van der Waals surface area contributed by atoms with Crippen LogP contribution in [0.25, 0.3) is 0 Å². The predicted molar refractivity (Wildman–Crippen MR) is 70.9 cm³/mol. The average molecular weight is 278 g/mol. The van der Waals surface area contributed by atoms with Gasteiger partial charge in [-0.3, -0.25) is 0 Å². The van der Waals surface area contributed by atoms with Crippen molar-refractivity contribution in [2.75, 3.05) is 20.3 Å². The molecule has 1 aromatic rings. The highest BCUT2D eigenvalue weighted by atomic mass is 35.5. The van der Waals surface area contributed by atoms with Crippen LogP contribution >= 0.6 is 23.2 Å². The molecule has 2 N–H and O–H groups in total. The van der Waals surface area contributed by atoms with Crippen molar-refractivity contribution in [1.29, 1.82) is 0 Å². The largest absolute Gasteiger partial charge is 0.506 e. The van der Waals surface area contributed by atoms with Gasteiger partial charge in [0.15, 0.2) is 0 Å². The first-order valence-electron chi connectivity index (χ1n) is 5.51. The lowest BCUT2D eigenvalue weighted by Crippen LogP contribution is -2.15. The van der Waals surface area contributed by atoms with Crippen LogP contribution in [0.2, 0.25) is 10.0 Å². The highest BCUT2D eigenvalue weighted by Crippen LogP contribution is 2.30. The molecule has 0 aliphatic carbocycles. The summed E-state index contributed by atoms with van der Waals surface area (Å²) in [6.45, 7) is 2.20. The number of ether oxygens (including phenoxy) is 1. The molecule has 0 bridgehead atoms. The number of rotatable bonds is 7. The molecule has 5 heteroatoms. The second-order valence-corrected chi connectivity index (χ2v) is 4.62. The molecular formula is C12H17Cl2NO2. The smallest absolute Gasteiger partial charge is 0.138 e. The Morgan fingerprint density at radius 1 is 1.29 bits per heavy atom. The summed E-state index contributed by atoms with van der Waals surface area (Å²) in [4.78, 5) is 0. The van der Waals surface area contributed by atoms with Crippen molar-refractivity contribution >= 4 is 23.2 Å². The van der Waals surface area contributed by atoms with Crippen molar-refractivity contribution in [3.05, 3.63) is 27.7 Å². The molecule has 0 saturated heterocycles. The Balaban J connectivity index is 2.36. The zero-order valence-electron chi connectivity index (χ0n) is 9.80. The molecule has 0 spiro atoms. The van der Waals surface area contributed by atoms with E-state index in [1.165, 1.54) is 6.07 Å². The fourth-order valence-electron chi connectivity index (χ4n) is 1.47. The van der Waals surface area contributed by atoms with Gasteiger partial charge in [-0.1, -0.05) is 23.2 Å². The summed E-state index contributed by atoms with van der Waals surface area (Å²) in [5.41, 5.74) is 0.717. The van der Waals surface area contributed by atoms with Crippen LogP contribution in [0.4, 0.5) is 0 Å². The number of hydrogen-bond donors (Lipinski definition) is 2. The molecule has 1 aromatic carbocycles. The van der Waals surface area contributed by atoms with E-state index < -0.39 is 0 Å². The van der Waals surface area contributed by atoms with Crippen LogP contribution in [0.5, 0.6) is 5.75 Å². The van der Waals surface area contributed by atoms with Crippen LogP contribution in [0.15, 0.2) is 12.1 Å². The van der Waals surface area contributed by atoms with Gasteiger partial charge >= 0.3 is 0 Å². The molecule has 0 radical (unpaired) electrons. The second kappa shape index (κ2) is 7.77. The van der Waals surface area contributed by atoms with Gasteiger partial charge in [-0.2, -0.15) is 0 Å². The minimum Gasteiger partial charge on any atom is -0.506 e. The van der Waals surface area contributed by atoms with Crippen LogP contribution in [-0.4, -0.2) is 25.4 Å². The molecule has 1 rings (SSSR count). The maximum absolute atomic E-state index is 9.71. The second-order valence-electron chi connectivity index (χ2n) is 3.77. The number of benzene rings is 1. The van der Waals surface area contributed by atoms with Crippen molar-refractivity contribution in [2.45, 2.75) is 19.4 Å². The number of halogens is 2. The molecule has 3 nitrogen and oxygen atoms in total. The Hall–Kier alpha value is -0.480. The van der Waals surface area contributed by atoms with Gasteiger partial charge in [0.2, 0.25) is 0 Å². The van der Waals surface area contributed by atoms with Gasteiger partial charge in [-0.25, -0.2) is 0 Å². The van der Waals surface area contributed by atoms with Gasteiger partial charge in [-0.15, -0.1) is 0 Å². The van der Waals surface area contributed by atoms with Crippen molar-refractivity contribution in [3.63, 3.8) is 0 Å². The van der Waals surface area contributed by atoms with Crippen molar-refractivity contribution < 1.29 is 9.84 Å². The fraction of sp³-hybridized carbons (Fsp3) is 0.500. The van der Waals surface area contributed by atoms with Gasteiger partial charge in [0.05, 0.1) is 5.02 Å². The Labute approximate surface area is 112 Å². The summed E-state index contributed by atoms with van der Waals surface area (Å²) in [6.07, 6.45) is 2.05. The topological polar surface area (TPSA) is 41.5 Å². The number of unbranched alkanes of at least 4 members (excludes halogenated alkanes) is 1. The van der Waals surface area contributed by atoms with Crippen LogP contribution in [0.3, 0.4) is 0 Å². The summed E-state index contributed by atoms with van der Waals surface area (Å²) >= 11 is 11.7. The van der Waals surface area contributed by atoms with Gasteiger partial charge in [0.25, 0.3) is 0 Å². The molecular weight excluding hydrogens is 261 g/mol. The minimum atomic E-state index is 0.0976. The summed E-state index contributed by atoms with van der Waals surface area (Å²) in [7, 11) is 1.69. The van der Waals surface area contributed by atoms with Gasteiger partial charge in [-0.05, 0) is 31.5 Å². The van der Waals surface area contributed by atoms with E-state index in [-0.39, 0.29) is 10.8 Å². The van der Waals surface area contributed by atoms with Gasteiger partial charge in [0.1, 0.15) is 5.75 Å². The Morgan fingerprint density at radius 3 is 2.76 bits per heavy atom. The first-order chi connectivity index (χ1) is 8.15. The first kappa shape index (κ1) is 14.6. The van der Waals surface area contributed by atoms with Crippen LogP contribution in [0.1, 0.15) is 18.4 Å². The molecule has 0 unspecified atom stereocenters. The number of phenols is 1. The van der Waals surface area contributed by atoms with Crippen LogP contribution in [0, 0.1) is 0 Å². The summed E-state index contributed by atoms with van der Waals surface area (Å²) < 4.78 is 4.95. The van der Waals surface area contributed by atoms with Crippen molar-refractivity contribution in [3.8, 4) is 5.75 Å². The maximum Gasteiger partial charge on any atom is 0.138 e. The fourth-order valence-corrected chi connectivity index (χ4v) is 2.01. The third-order valence-corrected chi connectivity index (χ3v) is 2.88. The third-order valence-electron chi connectivity index (χ3n) is 2.37. The molecule has 0 saturated carbocycles. The van der Waals surface area contributed by atoms with Crippen LogP contribution in [-0.2, 0) is 11.3 Å². The lowest BCUT2D eigenvalue weighted by Gasteiger charge is -2.08. The van der Waals surface area contributed by atoms with Crippen molar-refractivity contribution in [1.82, 2.24) is 5.32 Å². The average Bonchev–Trinajstić information content (AvgIpc) is 2.29. The van der Waals surface area contributed by atoms with Gasteiger partial charge in [0, 0.05) is 30.8 Å². The normalized spacial score (nSPS) is 10.8. The van der Waals surface area contributed by atoms with E-state index in [0.29, 0.717) is 17.1 Å². The monoisotopic (exact) mass is 277 g/mol. The highest BCUT2D eigenvalue weighted by Gasteiger charge is 2.07. The van der Waals surface area contributed by atoms with E-state index in [9.17, 15) is 5.11 Å². The number of phenolic OH excluding ortho intramolecular Hbond substituents is 1. The zero-order valence-corrected chi connectivity index (χ0v) is 11.3. The Bertz CT molecular complexity index is 359. The summed E-state index contributed by atoms with van der Waals surface area (Å²) in [5.74, 6) is 0.0976. The molecule has 0 atom stereocenters. The number of nitrogens with one attached hydrogen (secondary N) is 1. The van der Waals surface area contributed by atoms with Gasteiger partial charge < -0.3 is 15.2 Å². The lowest BCUT2D eigenvalue weighted by atomic mass is 10.2. The summed E-state index contributed by atoms with van der Waals surface area (Å²) in [5, 5.41) is 13.8. The Kier molecular flexibility index (Phi) is 6.66. The third kappa shape index (κ3) is 5.13. The van der Waals surface area contributed by atoms with E-state index in [0.717, 1.165) is 26.0 Å². The standard InChI is InChI=1S/C12H17Cl2NO2/c1-17-5-3-2-4-15-8-9-6-10(13)7-11(14)12(9)16/h6-7,15-16H,2-5,8H2,1H3. The molecule has 96 valence electrons. The zero-order chi connectivity index (χ0) is 12.7. The van der Waals surface area contributed by atoms with E-state index in [1.807, 2.05) is 0 Å². The quantitative estimate of drug-likeness (QED) is 0.752. The number of methoxy groups -OCH3 is 1. The van der Waals surface area contributed by atoms with Crippen LogP contribution < -0.4 is 5.32 Å². The van der Waals surface area contributed by atoms with E-state index in [1.54, 1.807) is 13.2 Å². The molecule has 17 heavy (non-hydrogen) atoms. The molecule has 0 aliphatic rings. The highest BCUT2D eigenvalue weighted by molar-refractivity contribution is 6.35. The molecule has 0 fully saturated rings. The minimum absolute atomic E-state index is 0.0976. The van der Waals surface area contributed by atoms with E-state index in [4.69, 9.17) is 27.9 Å². The maximum atomic E-state index is 9.71. The molecule has 0 heterocycles. The number of hydrogen-bond acceptors (Lipinski definition) is 3. The molecule has 0 aliphatic heterocycles. The summed E-state index contributed by atoms with van der Waals surface area (Å²) in [6, 6.07) is 3.24. The first-order valence-corrected chi connectivity index (χ1v) is 6.27. The Morgan fingerprint density at radius 2 is 2.06 bits per heavy atom. The van der Waals surface area contributed by atoms with E-state index >= 15 is 0 Å².